The quantitative estimate of drug-likeness (QED) is 0.596. The van der Waals surface area contributed by atoms with Gasteiger partial charge in [-0.3, -0.25) is 14.4 Å². The van der Waals surface area contributed by atoms with E-state index >= 15 is 0 Å². The molecule has 0 aliphatic carbocycles. The Bertz CT molecular complexity index is 1310. The molecule has 3 aromatic rings. The summed E-state index contributed by atoms with van der Waals surface area (Å²) in [5.74, 6) is -1.73. The Kier molecular flexibility index (Phi) is 5.55. The molecule has 0 atom stereocenters. The molecule has 2 heterocycles. The van der Waals surface area contributed by atoms with Crippen LogP contribution in [0.3, 0.4) is 0 Å². The molecule has 1 N–H and O–H groups in total. The molecule has 0 saturated carbocycles. The van der Waals surface area contributed by atoms with Gasteiger partial charge >= 0.3 is 0 Å². The average molecular weight is 464 g/mol. The Labute approximate surface area is 182 Å². The van der Waals surface area contributed by atoms with Crippen LogP contribution in [0.15, 0.2) is 39.8 Å². The molecule has 9 nitrogen and oxygen atoms in total. The fraction of sp³-hybridized carbons (Fsp3) is 0.250. The van der Waals surface area contributed by atoms with Crippen LogP contribution in [0.2, 0.25) is 0 Å². The monoisotopic (exact) mass is 464 g/mol. The summed E-state index contributed by atoms with van der Waals surface area (Å²) < 4.78 is 65.1. The second kappa shape index (κ2) is 8.19. The largest absolute Gasteiger partial charge is 0.482 e. The summed E-state index contributed by atoms with van der Waals surface area (Å²) in [5, 5.41) is 3.84. The minimum atomic E-state index is -4.16. The van der Waals surface area contributed by atoms with Gasteiger partial charge in [0.25, 0.3) is 15.9 Å². The fourth-order valence-corrected chi connectivity index (χ4v) is 4.50. The van der Waals surface area contributed by atoms with E-state index in [-0.39, 0.29) is 35.4 Å². The van der Waals surface area contributed by atoms with Crippen LogP contribution >= 0.6 is 0 Å². The van der Waals surface area contributed by atoms with Crippen molar-refractivity contribution in [1.29, 1.82) is 0 Å². The smallest absolute Gasteiger partial charge is 0.265 e. The number of fused-ring (bicyclic) bond motifs is 1. The highest BCUT2D eigenvalue weighted by Crippen LogP contribution is 2.37. The first-order valence-electron chi connectivity index (χ1n) is 9.55. The number of ether oxygens (including phenoxy) is 1. The zero-order chi connectivity index (χ0) is 23.0. The molecule has 2 aromatic carbocycles. The molecule has 168 valence electrons. The van der Waals surface area contributed by atoms with Gasteiger partial charge in [-0.2, -0.15) is 4.98 Å². The van der Waals surface area contributed by atoms with Crippen molar-refractivity contribution in [3.63, 3.8) is 0 Å². The van der Waals surface area contributed by atoms with Crippen molar-refractivity contribution in [2.75, 3.05) is 16.2 Å². The second-order valence-corrected chi connectivity index (χ2v) is 8.70. The molecule has 0 saturated heterocycles. The van der Waals surface area contributed by atoms with E-state index in [9.17, 15) is 22.0 Å². The van der Waals surface area contributed by atoms with E-state index in [1.165, 1.54) is 17.0 Å². The van der Waals surface area contributed by atoms with Gasteiger partial charge in [0.05, 0.1) is 22.8 Å². The summed E-state index contributed by atoms with van der Waals surface area (Å²) in [5.41, 5.74) is 0.528. The lowest BCUT2D eigenvalue weighted by molar-refractivity contribution is -0.121. The summed E-state index contributed by atoms with van der Waals surface area (Å²) >= 11 is 0. The summed E-state index contributed by atoms with van der Waals surface area (Å²) in [4.78, 5) is 17.9. The molecule has 1 aliphatic heterocycles. The Morgan fingerprint density at radius 3 is 2.66 bits per heavy atom. The normalized spacial score (nSPS) is 13.6. The number of hydrogen-bond donors (Lipinski definition) is 1. The molecule has 0 bridgehead atoms. The Hall–Kier alpha value is -3.54. The first-order valence-corrected chi connectivity index (χ1v) is 11.0. The first-order chi connectivity index (χ1) is 15.2. The highest BCUT2D eigenvalue weighted by Gasteiger charge is 2.30. The minimum Gasteiger partial charge on any atom is -0.482 e. The van der Waals surface area contributed by atoms with Crippen molar-refractivity contribution in [2.24, 2.45) is 0 Å². The molecule has 1 amide bonds. The first kappa shape index (κ1) is 21.7. The van der Waals surface area contributed by atoms with Gasteiger partial charge < -0.3 is 9.26 Å². The summed E-state index contributed by atoms with van der Waals surface area (Å²) in [6.07, 6.45) is 0.548. The number of amides is 1. The molecule has 32 heavy (non-hydrogen) atoms. The van der Waals surface area contributed by atoms with Crippen LogP contribution in [0.5, 0.6) is 5.75 Å². The third-order valence-corrected chi connectivity index (χ3v) is 6.30. The van der Waals surface area contributed by atoms with Gasteiger partial charge in [0.1, 0.15) is 5.75 Å². The number of carbonyl (C=O) groups excluding carboxylic acids is 1. The highest BCUT2D eigenvalue weighted by atomic mass is 32.2. The van der Waals surface area contributed by atoms with Gasteiger partial charge in [-0.1, -0.05) is 12.1 Å². The molecule has 0 radical (unpaired) electrons. The van der Waals surface area contributed by atoms with Crippen molar-refractivity contribution < 1.29 is 31.3 Å². The van der Waals surface area contributed by atoms with E-state index in [1.54, 1.807) is 6.92 Å². The fourth-order valence-electron chi connectivity index (χ4n) is 3.20. The third kappa shape index (κ3) is 4.13. The third-order valence-electron chi connectivity index (χ3n) is 4.77. The van der Waals surface area contributed by atoms with Gasteiger partial charge in [0.15, 0.2) is 24.1 Å². The summed E-state index contributed by atoms with van der Waals surface area (Å²) in [6.45, 7) is 3.12. The Morgan fingerprint density at radius 2 is 1.97 bits per heavy atom. The van der Waals surface area contributed by atoms with Crippen LogP contribution in [0, 0.1) is 18.6 Å². The van der Waals surface area contributed by atoms with E-state index in [1.807, 2.05) is 6.92 Å². The molecule has 1 aliphatic rings. The number of halogens is 2. The SMILES string of the molecule is CCc1nc(CN2C(=O)COc3cc(S(=O)(=O)Nc4ccc(F)c(F)c4)c(C)cc32)no1. The number of rotatable bonds is 6. The van der Waals surface area contributed by atoms with Crippen LogP contribution in [0.1, 0.15) is 24.2 Å². The molecule has 0 fully saturated rings. The number of carbonyl (C=O) groups is 1. The highest BCUT2D eigenvalue weighted by molar-refractivity contribution is 7.92. The van der Waals surface area contributed by atoms with Crippen molar-refractivity contribution in [3.8, 4) is 5.75 Å². The summed E-state index contributed by atoms with van der Waals surface area (Å²) in [6, 6.07) is 5.44. The van der Waals surface area contributed by atoms with Gasteiger partial charge in [-0.25, -0.2) is 17.2 Å². The lowest BCUT2D eigenvalue weighted by Crippen LogP contribution is -2.38. The molecule has 12 heteroatoms. The zero-order valence-electron chi connectivity index (χ0n) is 17.1. The van der Waals surface area contributed by atoms with Gasteiger partial charge in [-0.05, 0) is 30.7 Å². The number of anilines is 2. The number of aryl methyl sites for hydroxylation is 2. The number of nitrogens with zero attached hydrogens (tertiary/aromatic N) is 3. The van der Waals surface area contributed by atoms with Crippen LogP contribution in [-0.2, 0) is 27.8 Å². The predicted molar refractivity (Wildman–Crippen MR) is 109 cm³/mol. The van der Waals surface area contributed by atoms with E-state index in [0.717, 1.165) is 18.2 Å². The van der Waals surface area contributed by atoms with Crippen molar-refractivity contribution >= 4 is 27.3 Å². The number of nitrogens with one attached hydrogen (secondary N) is 1. The maximum Gasteiger partial charge on any atom is 0.265 e. The number of sulfonamides is 1. The van der Waals surface area contributed by atoms with E-state index in [0.29, 0.717) is 29.4 Å². The maximum absolute atomic E-state index is 13.5. The maximum atomic E-state index is 13.5. The summed E-state index contributed by atoms with van der Waals surface area (Å²) in [7, 11) is -4.16. The zero-order valence-corrected chi connectivity index (χ0v) is 17.9. The van der Waals surface area contributed by atoms with Crippen LogP contribution < -0.4 is 14.4 Å². The van der Waals surface area contributed by atoms with Gasteiger partial charge in [0, 0.05) is 18.6 Å². The lowest BCUT2D eigenvalue weighted by atomic mass is 10.1. The predicted octanol–water partition coefficient (Wildman–Crippen LogP) is 2.95. The van der Waals surface area contributed by atoms with Crippen LogP contribution in [0.4, 0.5) is 20.2 Å². The number of hydrogen-bond acceptors (Lipinski definition) is 7. The average Bonchev–Trinajstić information content (AvgIpc) is 3.20. The second-order valence-electron chi connectivity index (χ2n) is 7.05. The van der Waals surface area contributed by atoms with Crippen molar-refractivity contribution in [2.45, 2.75) is 31.7 Å². The minimum absolute atomic E-state index is 0.0251. The Morgan fingerprint density at radius 1 is 1.19 bits per heavy atom. The molecular weight excluding hydrogens is 446 g/mol. The van der Waals surface area contributed by atoms with E-state index in [2.05, 4.69) is 14.9 Å². The van der Waals surface area contributed by atoms with Crippen LogP contribution in [-0.4, -0.2) is 31.1 Å². The standard InChI is InChI=1S/C20H18F2N4O5S/c1-3-19-23-18(24-31-19)9-26-15-6-11(2)17(8-16(15)30-10-20(26)27)32(28,29)25-12-4-5-13(21)14(22)7-12/h4-8,25H,3,9-10H2,1-2H3. The number of benzene rings is 2. The molecular formula is C20H18F2N4O5S. The van der Waals surface area contributed by atoms with Crippen molar-refractivity contribution in [1.82, 2.24) is 10.1 Å². The van der Waals surface area contributed by atoms with Crippen molar-refractivity contribution in [3.05, 3.63) is 59.2 Å². The molecule has 0 unspecified atom stereocenters. The number of aromatic nitrogens is 2. The van der Waals surface area contributed by atoms with Crippen LogP contribution in [0.25, 0.3) is 0 Å². The van der Waals surface area contributed by atoms with E-state index in [4.69, 9.17) is 9.26 Å². The Balaban J connectivity index is 1.66. The lowest BCUT2D eigenvalue weighted by Gasteiger charge is -2.29. The van der Waals surface area contributed by atoms with Gasteiger partial charge in [0.2, 0.25) is 5.89 Å². The molecule has 1 aromatic heterocycles. The topological polar surface area (TPSA) is 115 Å². The van der Waals surface area contributed by atoms with Gasteiger partial charge in [-0.15, -0.1) is 0 Å². The van der Waals surface area contributed by atoms with E-state index < -0.39 is 21.7 Å². The molecule has 0 spiro atoms. The molecule has 4 rings (SSSR count).